The van der Waals surface area contributed by atoms with E-state index >= 15 is 0 Å². The molecule has 4 nitrogen and oxygen atoms in total. The van der Waals surface area contributed by atoms with Gasteiger partial charge in [0.15, 0.2) is 0 Å². The van der Waals surface area contributed by atoms with E-state index in [2.05, 4.69) is 0 Å². The number of aliphatic hydroxyl groups excluding tert-OH is 2. The van der Waals surface area contributed by atoms with Gasteiger partial charge in [0.1, 0.15) is 0 Å². The number of nitrogens with zero attached hydrogens (tertiary/aromatic N) is 1. The molecule has 84 valence electrons. The lowest BCUT2D eigenvalue weighted by molar-refractivity contribution is 0.281. The zero-order valence-corrected chi connectivity index (χ0v) is 9.11. The molecule has 4 N–H and O–H groups in total. The Labute approximate surface area is 93.9 Å². The smallest absolute Gasteiger partial charge is 0.0790 e. The van der Waals surface area contributed by atoms with E-state index in [1.165, 1.54) is 0 Å². The minimum atomic E-state index is -0.00926. The van der Waals surface area contributed by atoms with Crippen LogP contribution in [0, 0.1) is 0 Å². The maximum absolute atomic E-state index is 8.90. The highest BCUT2D eigenvalue weighted by Gasteiger charge is 2.12. The molecule has 0 aliphatic rings. The van der Waals surface area contributed by atoms with E-state index in [1.807, 2.05) is 0 Å². The van der Waals surface area contributed by atoms with Gasteiger partial charge < -0.3 is 20.8 Å². The number of hydrogen-bond donors (Lipinski definition) is 3. The quantitative estimate of drug-likeness (QED) is 0.652. The van der Waals surface area contributed by atoms with Crippen LogP contribution in [-0.4, -0.2) is 36.5 Å². The lowest BCUT2D eigenvalue weighted by atomic mass is 10.2. The van der Waals surface area contributed by atoms with Gasteiger partial charge in [-0.1, -0.05) is 17.7 Å². The van der Waals surface area contributed by atoms with Gasteiger partial charge in [-0.3, -0.25) is 0 Å². The summed E-state index contributed by atoms with van der Waals surface area (Å²) in [5.74, 6) is 0. The minimum Gasteiger partial charge on any atom is -0.397 e. The van der Waals surface area contributed by atoms with Gasteiger partial charge in [0.05, 0.1) is 29.6 Å². The van der Waals surface area contributed by atoms with Crippen LogP contribution in [0.1, 0.15) is 0 Å². The molecular weight excluding hydrogens is 216 g/mol. The van der Waals surface area contributed by atoms with Crippen molar-refractivity contribution in [2.75, 3.05) is 36.9 Å². The molecule has 0 fully saturated rings. The van der Waals surface area contributed by atoms with E-state index in [0.29, 0.717) is 29.5 Å². The highest BCUT2D eigenvalue weighted by molar-refractivity contribution is 6.34. The molecule has 0 unspecified atom stereocenters. The van der Waals surface area contributed by atoms with Crippen molar-refractivity contribution in [3.05, 3.63) is 23.2 Å². The highest BCUT2D eigenvalue weighted by Crippen LogP contribution is 2.31. The molecule has 0 aliphatic heterocycles. The van der Waals surface area contributed by atoms with Crippen LogP contribution in [0.5, 0.6) is 0 Å². The lowest BCUT2D eigenvalue weighted by Gasteiger charge is -2.25. The fourth-order valence-corrected chi connectivity index (χ4v) is 1.74. The number of anilines is 2. The normalized spacial score (nSPS) is 10.3. The SMILES string of the molecule is Nc1cccc(Cl)c1N(CCO)CCO. The van der Waals surface area contributed by atoms with Gasteiger partial charge in [0.2, 0.25) is 0 Å². The van der Waals surface area contributed by atoms with Crippen LogP contribution in [-0.2, 0) is 0 Å². The van der Waals surface area contributed by atoms with E-state index in [4.69, 9.17) is 27.5 Å². The lowest BCUT2D eigenvalue weighted by Crippen LogP contribution is -2.30. The fraction of sp³-hybridized carbons (Fsp3) is 0.400. The highest BCUT2D eigenvalue weighted by atomic mass is 35.5. The molecule has 0 saturated heterocycles. The second-order valence-electron chi connectivity index (χ2n) is 3.11. The Bertz CT molecular complexity index is 294. The Morgan fingerprint density at radius 1 is 1.20 bits per heavy atom. The summed E-state index contributed by atoms with van der Waals surface area (Å²) in [7, 11) is 0. The van der Waals surface area contributed by atoms with E-state index < -0.39 is 0 Å². The third kappa shape index (κ3) is 2.99. The monoisotopic (exact) mass is 230 g/mol. The molecule has 0 spiro atoms. The van der Waals surface area contributed by atoms with Crippen LogP contribution in [0.15, 0.2) is 18.2 Å². The summed E-state index contributed by atoms with van der Waals surface area (Å²) in [5.41, 5.74) is 7.01. The molecule has 0 heterocycles. The second-order valence-corrected chi connectivity index (χ2v) is 3.52. The number of nitrogens with two attached hydrogens (primary N) is 1. The van der Waals surface area contributed by atoms with Crippen molar-refractivity contribution in [3.8, 4) is 0 Å². The molecule has 0 atom stereocenters. The molecule has 1 aromatic carbocycles. The molecule has 0 saturated carbocycles. The number of benzene rings is 1. The van der Waals surface area contributed by atoms with E-state index in [9.17, 15) is 0 Å². The number of aliphatic hydroxyl groups is 2. The molecule has 0 aliphatic carbocycles. The number of nitrogen functional groups attached to an aromatic ring is 1. The predicted octanol–water partition coefficient (Wildman–Crippen LogP) is 0.713. The summed E-state index contributed by atoms with van der Waals surface area (Å²) in [6.07, 6.45) is 0. The molecule has 0 amide bonds. The summed E-state index contributed by atoms with van der Waals surface area (Å²) < 4.78 is 0. The van der Waals surface area contributed by atoms with Crippen LogP contribution in [0.2, 0.25) is 5.02 Å². The maximum atomic E-state index is 8.90. The van der Waals surface area contributed by atoms with Crippen LogP contribution in [0.3, 0.4) is 0 Å². The Hall–Kier alpha value is -0.970. The van der Waals surface area contributed by atoms with Crippen molar-refractivity contribution >= 4 is 23.0 Å². The largest absolute Gasteiger partial charge is 0.397 e. The Balaban J connectivity index is 2.98. The average molecular weight is 231 g/mol. The van der Waals surface area contributed by atoms with Crippen molar-refractivity contribution < 1.29 is 10.2 Å². The molecular formula is C10H15ClN2O2. The third-order valence-electron chi connectivity index (χ3n) is 2.07. The Kier molecular flexibility index (Phi) is 4.68. The Morgan fingerprint density at radius 3 is 2.27 bits per heavy atom. The number of rotatable bonds is 5. The maximum Gasteiger partial charge on any atom is 0.0790 e. The molecule has 15 heavy (non-hydrogen) atoms. The first kappa shape index (κ1) is 12.1. The summed E-state index contributed by atoms with van der Waals surface area (Å²) in [6, 6.07) is 5.23. The zero-order valence-electron chi connectivity index (χ0n) is 8.36. The van der Waals surface area contributed by atoms with Gasteiger partial charge in [0, 0.05) is 13.1 Å². The van der Waals surface area contributed by atoms with Gasteiger partial charge in [-0.2, -0.15) is 0 Å². The molecule has 1 aromatic rings. The second kappa shape index (κ2) is 5.80. The van der Waals surface area contributed by atoms with Crippen LogP contribution >= 0.6 is 11.6 Å². The Morgan fingerprint density at radius 2 is 1.80 bits per heavy atom. The summed E-state index contributed by atoms with van der Waals surface area (Å²) in [6.45, 7) is 0.776. The van der Waals surface area contributed by atoms with Crippen LogP contribution < -0.4 is 10.6 Å². The van der Waals surface area contributed by atoms with Gasteiger partial charge in [-0.15, -0.1) is 0 Å². The third-order valence-corrected chi connectivity index (χ3v) is 2.38. The average Bonchev–Trinajstić information content (AvgIpc) is 2.18. The molecule has 5 heteroatoms. The summed E-state index contributed by atoms with van der Waals surface area (Å²) in [5, 5.41) is 18.3. The van der Waals surface area contributed by atoms with E-state index in [1.54, 1.807) is 23.1 Å². The first-order valence-corrected chi connectivity index (χ1v) is 5.09. The fourth-order valence-electron chi connectivity index (χ4n) is 1.44. The topological polar surface area (TPSA) is 69.7 Å². The van der Waals surface area contributed by atoms with Crippen molar-refractivity contribution in [1.82, 2.24) is 0 Å². The standard InChI is InChI=1S/C10H15ClN2O2/c11-8-2-1-3-9(12)10(8)13(4-6-14)5-7-15/h1-3,14-15H,4-7,12H2. The van der Waals surface area contributed by atoms with Crippen molar-refractivity contribution in [3.63, 3.8) is 0 Å². The van der Waals surface area contributed by atoms with E-state index in [0.717, 1.165) is 0 Å². The number of para-hydroxylation sites is 1. The predicted molar refractivity (Wildman–Crippen MR) is 62.2 cm³/mol. The van der Waals surface area contributed by atoms with Crippen molar-refractivity contribution in [2.45, 2.75) is 0 Å². The van der Waals surface area contributed by atoms with Gasteiger partial charge in [0.25, 0.3) is 0 Å². The van der Waals surface area contributed by atoms with Gasteiger partial charge in [-0.25, -0.2) is 0 Å². The first-order chi connectivity index (χ1) is 7.20. The van der Waals surface area contributed by atoms with Crippen LogP contribution in [0.25, 0.3) is 0 Å². The summed E-state index contributed by atoms with van der Waals surface area (Å²) in [4.78, 5) is 1.76. The number of halogens is 1. The number of hydrogen-bond acceptors (Lipinski definition) is 4. The molecule has 0 aromatic heterocycles. The zero-order chi connectivity index (χ0) is 11.3. The molecule has 0 radical (unpaired) electrons. The summed E-state index contributed by atoms with van der Waals surface area (Å²) >= 11 is 6.01. The molecule has 1 rings (SSSR count). The van der Waals surface area contributed by atoms with Crippen molar-refractivity contribution in [1.29, 1.82) is 0 Å². The van der Waals surface area contributed by atoms with Gasteiger partial charge in [-0.05, 0) is 12.1 Å². The van der Waals surface area contributed by atoms with Gasteiger partial charge >= 0.3 is 0 Å². The van der Waals surface area contributed by atoms with E-state index in [-0.39, 0.29) is 13.2 Å². The van der Waals surface area contributed by atoms with Crippen LogP contribution in [0.4, 0.5) is 11.4 Å². The minimum absolute atomic E-state index is 0.00926. The van der Waals surface area contributed by atoms with Crippen molar-refractivity contribution in [2.24, 2.45) is 0 Å². The first-order valence-electron chi connectivity index (χ1n) is 4.71. The molecule has 0 bridgehead atoms.